The van der Waals surface area contributed by atoms with Gasteiger partial charge in [-0.2, -0.15) is 0 Å². The highest BCUT2D eigenvalue weighted by Crippen LogP contribution is 2.26. The Bertz CT molecular complexity index is 542. The van der Waals surface area contributed by atoms with E-state index in [1.165, 1.54) is 17.0 Å². The fraction of sp³-hybridized carbons (Fsp3) is 0.231. The molecule has 1 nitrogen and oxygen atoms in total. The SMILES string of the molecule is CC(NCc1ccc(Br)s1)c1ccc(F)cc1Br. The Hall–Kier alpha value is -0.230. The van der Waals surface area contributed by atoms with E-state index in [-0.39, 0.29) is 11.9 Å². The molecule has 2 rings (SSSR count). The molecule has 18 heavy (non-hydrogen) atoms. The van der Waals surface area contributed by atoms with Gasteiger partial charge in [0, 0.05) is 21.9 Å². The summed E-state index contributed by atoms with van der Waals surface area (Å²) in [7, 11) is 0. The van der Waals surface area contributed by atoms with Crippen LogP contribution in [-0.2, 0) is 6.54 Å². The van der Waals surface area contributed by atoms with Gasteiger partial charge >= 0.3 is 0 Å². The zero-order valence-corrected chi connectivity index (χ0v) is 13.7. The Morgan fingerprint density at radius 2 is 2.06 bits per heavy atom. The molecule has 0 aliphatic carbocycles. The summed E-state index contributed by atoms with van der Waals surface area (Å²) in [6, 6.07) is 9.09. The number of rotatable bonds is 4. The van der Waals surface area contributed by atoms with Crippen LogP contribution in [0.3, 0.4) is 0 Å². The van der Waals surface area contributed by atoms with Crippen molar-refractivity contribution in [2.75, 3.05) is 0 Å². The molecule has 0 spiro atoms. The third-order valence-electron chi connectivity index (χ3n) is 2.64. The van der Waals surface area contributed by atoms with E-state index >= 15 is 0 Å². The smallest absolute Gasteiger partial charge is 0.124 e. The summed E-state index contributed by atoms with van der Waals surface area (Å²) in [5, 5.41) is 3.43. The molecule has 0 saturated heterocycles. The number of halogens is 3. The zero-order chi connectivity index (χ0) is 13.1. The van der Waals surface area contributed by atoms with Crippen LogP contribution in [0, 0.1) is 5.82 Å². The van der Waals surface area contributed by atoms with Crippen LogP contribution in [0.15, 0.2) is 38.6 Å². The lowest BCUT2D eigenvalue weighted by molar-refractivity contribution is 0.572. The first-order valence-electron chi connectivity index (χ1n) is 5.49. The van der Waals surface area contributed by atoms with Gasteiger partial charge in [0.1, 0.15) is 5.82 Å². The molecular formula is C13H12Br2FNS. The van der Waals surface area contributed by atoms with Gasteiger partial charge in [0.15, 0.2) is 0 Å². The molecule has 0 aliphatic heterocycles. The molecule has 1 unspecified atom stereocenters. The Morgan fingerprint density at radius 1 is 1.28 bits per heavy atom. The molecule has 1 aromatic heterocycles. The van der Waals surface area contributed by atoms with Crippen molar-refractivity contribution >= 4 is 43.2 Å². The first-order valence-corrected chi connectivity index (χ1v) is 7.89. The van der Waals surface area contributed by atoms with Crippen molar-refractivity contribution in [2.24, 2.45) is 0 Å². The first kappa shape index (κ1) is 14.2. The van der Waals surface area contributed by atoms with E-state index in [1.807, 2.05) is 6.07 Å². The number of hydrogen-bond acceptors (Lipinski definition) is 2. The van der Waals surface area contributed by atoms with Crippen LogP contribution >= 0.6 is 43.2 Å². The average molecular weight is 393 g/mol. The summed E-state index contributed by atoms with van der Waals surface area (Å²) in [6.07, 6.45) is 0. The summed E-state index contributed by atoms with van der Waals surface area (Å²) >= 11 is 8.55. The summed E-state index contributed by atoms with van der Waals surface area (Å²) in [5.74, 6) is -0.222. The maximum absolute atomic E-state index is 13.0. The van der Waals surface area contributed by atoms with Gasteiger partial charge in [0.2, 0.25) is 0 Å². The molecule has 1 atom stereocenters. The van der Waals surface area contributed by atoms with Crippen molar-refractivity contribution in [2.45, 2.75) is 19.5 Å². The van der Waals surface area contributed by atoms with E-state index in [9.17, 15) is 4.39 Å². The van der Waals surface area contributed by atoms with Crippen LogP contribution in [0.25, 0.3) is 0 Å². The molecule has 5 heteroatoms. The van der Waals surface area contributed by atoms with Crippen LogP contribution in [0.1, 0.15) is 23.4 Å². The van der Waals surface area contributed by atoms with Crippen molar-refractivity contribution in [3.63, 3.8) is 0 Å². The molecule has 1 N–H and O–H groups in total. The van der Waals surface area contributed by atoms with Gasteiger partial charge < -0.3 is 5.32 Å². The van der Waals surface area contributed by atoms with Gasteiger partial charge in [-0.1, -0.05) is 22.0 Å². The topological polar surface area (TPSA) is 12.0 Å². The Kier molecular flexibility index (Phi) is 4.95. The minimum Gasteiger partial charge on any atom is -0.305 e. The van der Waals surface area contributed by atoms with E-state index < -0.39 is 0 Å². The summed E-state index contributed by atoms with van der Waals surface area (Å²) < 4.78 is 14.9. The van der Waals surface area contributed by atoms with Gasteiger partial charge in [-0.05, 0) is 52.7 Å². The second-order valence-corrected chi connectivity index (χ2v) is 7.38. The van der Waals surface area contributed by atoms with Crippen LogP contribution in [0.5, 0.6) is 0 Å². The third-order valence-corrected chi connectivity index (χ3v) is 4.95. The van der Waals surface area contributed by atoms with Gasteiger partial charge in [0.05, 0.1) is 3.79 Å². The molecule has 2 aromatic rings. The van der Waals surface area contributed by atoms with Gasteiger partial charge in [-0.3, -0.25) is 0 Å². The van der Waals surface area contributed by atoms with E-state index in [0.29, 0.717) is 0 Å². The van der Waals surface area contributed by atoms with Crippen molar-refractivity contribution < 1.29 is 4.39 Å². The molecule has 0 fully saturated rings. The zero-order valence-electron chi connectivity index (χ0n) is 9.71. The second-order valence-electron chi connectivity index (χ2n) is 3.97. The first-order chi connectivity index (χ1) is 8.56. The standard InChI is InChI=1S/C13H12Br2FNS/c1-8(11-4-2-9(16)6-12(11)14)17-7-10-3-5-13(15)18-10/h2-6,8,17H,7H2,1H3. The molecule has 0 saturated carbocycles. The molecule has 0 bridgehead atoms. The third kappa shape index (κ3) is 3.63. The lowest BCUT2D eigenvalue weighted by Crippen LogP contribution is -2.17. The van der Waals surface area contributed by atoms with E-state index in [4.69, 9.17) is 0 Å². The normalized spacial score (nSPS) is 12.7. The van der Waals surface area contributed by atoms with Crippen molar-refractivity contribution in [3.8, 4) is 0 Å². The predicted octanol–water partition coefficient (Wildman–Crippen LogP) is 5.26. The molecule has 0 amide bonds. The van der Waals surface area contributed by atoms with Crippen molar-refractivity contribution in [1.29, 1.82) is 0 Å². The monoisotopic (exact) mass is 391 g/mol. The lowest BCUT2D eigenvalue weighted by Gasteiger charge is -2.15. The van der Waals surface area contributed by atoms with Crippen molar-refractivity contribution in [3.05, 3.63) is 54.8 Å². The Labute approximate surface area is 127 Å². The Balaban J connectivity index is 2.01. The fourth-order valence-corrected chi connectivity index (χ4v) is 3.79. The van der Waals surface area contributed by atoms with Crippen LogP contribution in [-0.4, -0.2) is 0 Å². The second kappa shape index (κ2) is 6.28. The summed E-state index contributed by atoms with van der Waals surface area (Å²) in [5.41, 5.74) is 1.06. The van der Waals surface area contributed by atoms with Gasteiger partial charge in [-0.25, -0.2) is 4.39 Å². The maximum Gasteiger partial charge on any atom is 0.124 e. The van der Waals surface area contributed by atoms with Gasteiger partial charge in [0.25, 0.3) is 0 Å². The Morgan fingerprint density at radius 3 is 2.67 bits per heavy atom. The highest BCUT2D eigenvalue weighted by molar-refractivity contribution is 9.11. The fourth-order valence-electron chi connectivity index (χ4n) is 1.66. The molecule has 1 heterocycles. The molecule has 96 valence electrons. The van der Waals surface area contributed by atoms with E-state index in [1.54, 1.807) is 17.4 Å². The lowest BCUT2D eigenvalue weighted by atomic mass is 10.1. The largest absolute Gasteiger partial charge is 0.305 e. The number of hydrogen-bond donors (Lipinski definition) is 1. The van der Waals surface area contributed by atoms with Gasteiger partial charge in [-0.15, -0.1) is 11.3 Å². The summed E-state index contributed by atoms with van der Waals surface area (Å²) in [4.78, 5) is 1.27. The quantitative estimate of drug-likeness (QED) is 0.747. The number of benzene rings is 1. The minimum absolute atomic E-state index is 0.167. The van der Waals surface area contributed by atoms with Crippen LogP contribution in [0.4, 0.5) is 4.39 Å². The highest BCUT2D eigenvalue weighted by Gasteiger charge is 2.10. The predicted molar refractivity (Wildman–Crippen MR) is 81.4 cm³/mol. The maximum atomic E-state index is 13.0. The highest BCUT2D eigenvalue weighted by atomic mass is 79.9. The van der Waals surface area contributed by atoms with Crippen molar-refractivity contribution in [1.82, 2.24) is 5.32 Å². The number of nitrogens with one attached hydrogen (secondary N) is 1. The average Bonchev–Trinajstić information content (AvgIpc) is 2.72. The molecular weight excluding hydrogens is 381 g/mol. The van der Waals surface area contributed by atoms with Crippen LogP contribution in [0.2, 0.25) is 0 Å². The minimum atomic E-state index is -0.222. The number of thiophene rings is 1. The summed E-state index contributed by atoms with van der Waals surface area (Å²) in [6.45, 7) is 2.88. The van der Waals surface area contributed by atoms with E-state index in [2.05, 4.69) is 50.2 Å². The molecule has 1 aromatic carbocycles. The molecule has 0 aliphatic rings. The molecule has 0 radical (unpaired) electrons. The van der Waals surface area contributed by atoms with E-state index in [0.717, 1.165) is 20.4 Å². The van der Waals surface area contributed by atoms with Crippen LogP contribution < -0.4 is 5.32 Å².